The molecule has 0 spiro atoms. The van der Waals surface area contributed by atoms with Gasteiger partial charge in [0.1, 0.15) is 0 Å². The molecule has 8 heteroatoms. The number of carboxylic acid groups (broad SMARTS) is 1. The zero-order chi connectivity index (χ0) is 17.5. The molecule has 1 aromatic heterocycles. The number of hydrogen-bond donors (Lipinski definition) is 4. The van der Waals surface area contributed by atoms with E-state index in [2.05, 4.69) is 39.4 Å². The van der Waals surface area contributed by atoms with Gasteiger partial charge in [-0.2, -0.15) is 15.0 Å². The number of aromatic carboxylic acids is 1. The van der Waals surface area contributed by atoms with Crippen molar-refractivity contribution < 1.29 is 9.90 Å². The molecule has 0 atom stereocenters. The van der Waals surface area contributed by atoms with Crippen molar-refractivity contribution in [2.75, 3.05) is 22.9 Å². The van der Waals surface area contributed by atoms with E-state index in [0.29, 0.717) is 17.6 Å². The topological polar surface area (TPSA) is 126 Å². The molecule has 0 saturated heterocycles. The van der Waals surface area contributed by atoms with Crippen LogP contribution in [0.25, 0.3) is 0 Å². The summed E-state index contributed by atoms with van der Waals surface area (Å²) in [6, 6.07) is 6.37. The molecule has 8 nitrogen and oxygen atoms in total. The minimum atomic E-state index is -0.999. The second kappa shape index (κ2) is 8.09. The molecule has 0 fully saturated rings. The highest BCUT2D eigenvalue weighted by atomic mass is 16.4. The van der Waals surface area contributed by atoms with Crippen molar-refractivity contribution in [1.29, 1.82) is 0 Å². The van der Waals surface area contributed by atoms with Crippen molar-refractivity contribution in [2.45, 2.75) is 26.7 Å². The molecule has 0 aliphatic rings. The fourth-order valence-electron chi connectivity index (χ4n) is 2.10. The Balaban J connectivity index is 2.05. The number of carbonyl (C=O) groups is 1. The van der Waals surface area contributed by atoms with Crippen molar-refractivity contribution in [3.63, 3.8) is 0 Å². The quantitative estimate of drug-likeness (QED) is 0.544. The Kier molecular flexibility index (Phi) is 5.89. The predicted octanol–water partition coefficient (Wildman–Crippen LogP) is 2.74. The van der Waals surface area contributed by atoms with Gasteiger partial charge < -0.3 is 21.5 Å². The number of nitrogens with two attached hydrogens (primary N) is 1. The van der Waals surface area contributed by atoms with E-state index >= 15 is 0 Å². The van der Waals surface area contributed by atoms with Crippen molar-refractivity contribution in [1.82, 2.24) is 15.0 Å². The first kappa shape index (κ1) is 17.5. The van der Waals surface area contributed by atoms with Gasteiger partial charge in [-0.05, 0) is 37.0 Å². The number of carboxylic acids is 1. The van der Waals surface area contributed by atoms with Gasteiger partial charge in [0, 0.05) is 12.2 Å². The summed E-state index contributed by atoms with van der Waals surface area (Å²) >= 11 is 0. The van der Waals surface area contributed by atoms with E-state index in [4.69, 9.17) is 10.8 Å². The second-order valence-corrected chi connectivity index (χ2v) is 5.81. The molecule has 1 aromatic carbocycles. The third-order valence-corrected chi connectivity index (χ3v) is 3.26. The van der Waals surface area contributed by atoms with E-state index in [1.165, 1.54) is 12.1 Å². The van der Waals surface area contributed by atoms with Crippen LogP contribution in [-0.2, 0) is 0 Å². The van der Waals surface area contributed by atoms with E-state index in [1.54, 1.807) is 12.1 Å². The number of aromatic nitrogens is 3. The summed E-state index contributed by atoms with van der Waals surface area (Å²) in [6.07, 6.45) is 2.12. The minimum Gasteiger partial charge on any atom is -0.478 e. The van der Waals surface area contributed by atoms with Gasteiger partial charge in [-0.25, -0.2) is 4.79 Å². The summed E-state index contributed by atoms with van der Waals surface area (Å²) in [5, 5.41) is 15.1. The lowest BCUT2D eigenvalue weighted by Gasteiger charge is -2.10. The van der Waals surface area contributed by atoms with Gasteiger partial charge in [-0.3, -0.25) is 0 Å². The third kappa shape index (κ3) is 5.38. The lowest BCUT2D eigenvalue weighted by Crippen LogP contribution is -2.11. The Hall–Kier alpha value is -2.90. The van der Waals surface area contributed by atoms with E-state index in [9.17, 15) is 4.79 Å². The van der Waals surface area contributed by atoms with Gasteiger partial charge in [0.25, 0.3) is 0 Å². The summed E-state index contributed by atoms with van der Waals surface area (Å²) < 4.78 is 0. The van der Waals surface area contributed by atoms with Crippen LogP contribution < -0.4 is 16.4 Å². The Morgan fingerprint density at radius 1 is 1.25 bits per heavy atom. The largest absolute Gasteiger partial charge is 0.478 e. The average molecular weight is 330 g/mol. The Bertz CT molecular complexity index is 705. The SMILES string of the molecule is CC(C)CCCNc1nc(N)nc(Nc2cccc(C(=O)O)c2)n1. The average Bonchev–Trinajstić information content (AvgIpc) is 2.51. The number of benzene rings is 1. The first-order valence-corrected chi connectivity index (χ1v) is 7.80. The number of nitrogen functional groups attached to an aromatic ring is 1. The highest BCUT2D eigenvalue weighted by Crippen LogP contribution is 2.16. The second-order valence-electron chi connectivity index (χ2n) is 5.81. The molecule has 0 bridgehead atoms. The molecule has 24 heavy (non-hydrogen) atoms. The molecule has 128 valence electrons. The van der Waals surface area contributed by atoms with Gasteiger partial charge in [0.2, 0.25) is 17.8 Å². The smallest absolute Gasteiger partial charge is 0.335 e. The maximum Gasteiger partial charge on any atom is 0.335 e. The maximum absolute atomic E-state index is 11.0. The molecular formula is C16H22N6O2. The monoisotopic (exact) mass is 330 g/mol. The van der Waals surface area contributed by atoms with E-state index in [-0.39, 0.29) is 17.5 Å². The zero-order valence-electron chi connectivity index (χ0n) is 13.8. The lowest BCUT2D eigenvalue weighted by atomic mass is 10.1. The van der Waals surface area contributed by atoms with Crippen molar-refractivity contribution in [3.05, 3.63) is 29.8 Å². The molecule has 0 radical (unpaired) electrons. The molecule has 1 heterocycles. The Labute approximate surface area is 140 Å². The molecule has 0 amide bonds. The fraction of sp³-hybridized carbons (Fsp3) is 0.375. The summed E-state index contributed by atoms with van der Waals surface area (Å²) in [6.45, 7) is 5.10. The van der Waals surface area contributed by atoms with Crippen molar-refractivity contribution >= 4 is 29.5 Å². The molecule has 0 unspecified atom stereocenters. The van der Waals surface area contributed by atoms with Gasteiger partial charge in [0.05, 0.1) is 5.56 Å². The fourth-order valence-corrected chi connectivity index (χ4v) is 2.10. The van der Waals surface area contributed by atoms with Crippen LogP contribution in [0.5, 0.6) is 0 Å². The van der Waals surface area contributed by atoms with E-state index in [1.807, 2.05) is 0 Å². The molecule has 5 N–H and O–H groups in total. The number of rotatable bonds is 8. The van der Waals surface area contributed by atoms with Crippen LogP contribution >= 0.6 is 0 Å². The van der Waals surface area contributed by atoms with Gasteiger partial charge >= 0.3 is 5.97 Å². The highest BCUT2D eigenvalue weighted by Gasteiger charge is 2.07. The first-order valence-electron chi connectivity index (χ1n) is 7.80. The van der Waals surface area contributed by atoms with Crippen LogP contribution in [0.4, 0.5) is 23.5 Å². The summed E-state index contributed by atoms with van der Waals surface area (Å²) in [5.41, 5.74) is 6.44. The molecule has 0 saturated carbocycles. The third-order valence-electron chi connectivity index (χ3n) is 3.26. The van der Waals surface area contributed by atoms with Gasteiger partial charge in [-0.1, -0.05) is 19.9 Å². The van der Waals surface area contributed by atoms with E-state index < -0.39 is 5.97 Å². The molecule has 0 aliphatic carbocycles. The summed E-state index contributed by atoms with van der Waals surface area (Å²) in [5.74, 6) is 0.392. The summed E-state index contributed by atoms with van der Waals surface area (Å²) in [7, 11) is 0. The van der Waals surface area contributed by atoms with E-state index in [0.717, 1.165) is 19.4 Å². The van der Waals surface area contributed by atoms with Crippen LogP contribution in [0.1, 0.15) is 37.0 Å². The van der Waals surface area contributed by atoms with Crippen LogP contribution in [0, 0.1) is 5.92 Å². The zero-order valence-corrected chi connectivity index (χ0v) is 13.8. The number of hydrogen-bond acceptors (Lipinski definition) is 7. The summed E-state index contributed by atoms with van der Waals surface area (Å²) in [4.78, 5) is 23.3. The first-order chi connectivity index (χ1) is 11.4. The minimum absolute atomic E-state index is 0.0910. The number of nitrogens with one attached hydrogen (secondary N) is 2. The Morgan fingerprint density at radius 2 is 2.00 bits per heavy atom. The van der Waals surface area contributed by atoms with Crippen molar-refractivity contribution in [3.8, 4) is 0 Å². The molecular weight excluding hydrogens is 308 g/mol. The van der Waals surface area contributed by atoms with Crippen LogP contribution in [0.15, 0.2) is 24.3 Å². The van der Waals surface area contributed by atoms with Crippen LogP contribution in [0.3, 0.4) is 0 Å². The molecule has 2 rings (SSSR count). The number of nitrogens with zero attached hydrogens (tertiary/aromatic N) is 3. The molecule has 0 aliphatic heterocycles. The van der Waals surface area contributed by atoms with Crippen LogP contribution in [0.2, 0.25) is 0 Å². The normalized spacial score (nSPS) is 10.6. The maximum atomic E-state index is 11.0. The van der Waals surface area contributed by atoms with Gasteiger partial charge in [-0.15, -0.1) is 0 Å². The van der Waals surface area contributed by atoms with Crippen molar-refractivity contribution in [2.24, 2.45) is 5.92 Å². The standard InChI is InChI=1S/C16H22N6O2/c1-10(2)5-4-8-18-15-20-14(17)21-16(22-15)19-12-7-3-6-11(9-12)13(23)24/h3,6-7,9-10H,4-5,8H2,1-2H3,(H,23,24)(H4,17,18,19,20,21,22). The Morgan fingerprint density at radius 3 is 2.71 bits per heavy atom. The molecule has 2 aromatic rings. The number of anilines is 4. The van der Waals surface area contributed by atoms with Crippen LogP contribution in [-0.4, -0.2) is 32.6 Å². The highest BCUT2D eigenvalue weighted by molar-refractivity contribution is 5.89. The predicted molar refractivity (Wildman–Crippen MR) is 93.5 cm³/mol. The lowest BCUT2D eigenvalue weighted by molar-refractivity contribution is 0.0697. The van der Waals surface area contributed by atoms with Gasteiger partial charge in [0.15, 0.2) is 0 Å².